The number of rotatable bonds is 7. The largest absolute Gasteiger partial charge is 0.383 e. The molecule has 1 unspecified atom stereocenters. The number of ether oxygens (including phenoxy) is 3. The molecule has 114 valence electrons. The number of hydrogen-bond acceptors (Lipinski definition) is 7. The van der Waals surface area contributed by atoms with Gasteiger partial charge in [-0.3, -0.25) is 0 Å². The Morgan fingerprint density at radius 3 is 2.80 bits per heavy atom. The molecule has 7 heteroatoms. The molecular weight excluding hydrogens is 262 g/mol. The monoisotopic (exact) mass is 285 g/mol. The Morgan fingerprint density at radius 1 is 1.40 bits per heavy atom. The van der Waals surface area contributed by atoms with Gasteiger partial charge >= 0.3 is 0 Å². The highest BCUT2D eigenvalue weighted by atomic mass is 16.5. The minimum atomic E-state index is -0.486. The van der Waals surface area contributed by atoms with Crippen LogP contribution in [0.25, 0.3) is 0 Å². The topological polar surface area (TPSA) is 92.6 Å². The molecule has 20 heavy (non-hydrogen) atoms. The molecule has 0 aromatic carbocycles. The molecule has 0 spiro atoms. The highest BCUT2D eigenvalue weighted by Crippen LogP contribution is 2.34. The second-order valence-corrected chi connectivity index (χ2v) is 4.97. The third-order valence-electron chi connectivity index (χ3n) is 3.41. The van der Waals surface area contributed by atoms with Crippen molar-refractivity contribution in [2.24, 2.45) is 5.73 Å². The molecule has 0 amide bonds. The fourth-order valence-corrected chi connectivity index (χ4v) is 2.43. The summed E-state index contributed by atoms with van der Waals surface area (Å²) in [7, 11) is 1.62. The molecule has 1 aromatic rings. The number of nitrogens with two attached hydrogens (primary N) is 1. The van der Waals surface area contributed by atoms with Crippen molar-refractivity contribution in [3.63, 3.8) is 0 Å². The van der Waals surface area contributed by atoms with E-state index in [0.29, 0.717) is 44.6 Å². The van der Waals surface area contributed by atoms with E-state index in [4.69, 9.17) is 24.5 Å². The molecule has 0 bridgehead atoms. The number of nitrogens with zero attached hydrogens (tertiary/aromatic N) is 2. The van der Waals surface area contributed by atoms with Crippen molar-refractivity contribution in [2.45, 2.75) is 37.8 Å². The van der Waals surface area contributed by atoms with E-state index in [9.17, 15) is 0 Å². The van der Waals surface area contributed by atoms with E-state index in [2.05, 4.69) is 10.1 Å². The van der Waals surface area contributed by atoms with Gasteiger partial charge in [0.15, 0.2) is 0 Å². The molecule has 2 N–H and O–H groups in total. The van der Waals surface area contributed by atoms with E-state index in [1.807, 2.05) is 6.92 Å². The average molecular weight is 285 g/mol. The van der Waals surface area contributed by atoms with Crippen molar-refractivity contribution in [3.05, 3.63) is 11.7 Å². The standard InChI is InChI=1S/C13H23N3O4/c1-3-19-13(4-6-18-7-5-13)12-15-11(20-16-12)8-10(14)9-17-2/h10H,3-9,14H2,1-2H3. The van der Waals surface area contributed by atoms with Crippen LogP contribution in [0, 0.1) is 0 Å². The molecule has 1 saturated heterocycles. The van der Waals surface area contributed by atoms with Gasteiger partial charge in [-0.25, -0.2) is 0 Å². The van der Waals surface area contributed by atoms with Gasteiger partial charge in [-0.15, -0.1) is 0 Å². The summed E-state index contributed by atoms with van der Waals surface area (Å²) in [6.07, 6.45) is 1.98. The number of aromatic nitrogens is 2. The van der Waals surface area contributed by atoms with Crippen molar-refractivity contribution in [3.8, 4) is 0 Å². The van der Waals surface area contributed by atoms with Crippen molar-refractivity contribution >= 4 is 0 Å². The number of methoxy groups -OCH3 is 1. The normalized spacial score (nSPS) is 19.9. The van der Waals surface area contributed by atoms with Gasteiger partial charge in [-0.05, 0) is 6.92 Å². The molecule has 0 saturated carbocycles. The molecule has 1 atom stereocenters. The zero-order valence-corrected chi connectivity index (χ0v) is 12.1. The molecule has 2 heterocycles. The summed E-state index contributed by atoms with van der Waals surface area (Å²) >= 11 is 0. The minimum Gasteiger partial charge on any atom is -0.383 e. The summed E-state index contributed by atoms with van der Waals surface area (Å²) in [6.45, 7) is 4.32. The summed E-state index contributed by atoms with van der Waals surface area (Å²) in [5, 5.41) is 4.08. The maximum Gasteiger partial charge on any atom is 0.228 e. The lowest BCUT2D eigenvalue weighted by molar-refractivity contribution is -0.118. The van der Waals surface area contributed by atoms with Gasteiger partial charge in [-0.2, -0.15) is 4.98 Å². The van der Waals surface area contributed by atoms with E-state index in [1.54, 1.807) is 7.11 Å². The first-order valence-corrected chi connectivity index (χ1v) is 6.99. The van der Waals surface area contributed by atoms with Crippen LogP contribution in [0.1, 0.15) is 31.5 Å². The third-order valence-corrected chi connectivity index (χ3v) is 3.41. The molecule has 1 aromatic heterocycles. The SMILES string of the molecule is CCOC1(c2noc(CC(N)COC)n2)CCOCC1. The van der Waals surface area contributed by atoms with Crippen molar-refractivity contribution in [1.29, 1.82) is 0 Å². The summed E-state index contributed by atoms with van der Waals surface area (Å²) < 4.78 is 21.6. The van der Waals surface area contributed by atoms with E-state index in [0.717, 1.165) is 12.8 Å². The first-order chi connectivity index (χ1) is 9.70. The highest BCUT2D eigenvalue weighted by molar-refractivity contribution is 5.03. The molecule has 1 aliphatic heterocycles. The fourth-order valence-electron chi connectivity index (χ4n) is 2.43. The quantitative estimate of drug-likeness (QED) is 0.785. The van der Waals surface area contributed by atoms with Crippen LogP contribution < -0.4 is 5.73 Å². The van der Waals surface area contributed by atoms with E-state index < -0.39 is 5.60 Å². The zero-order valence-electron chi connectivity index (χ0n) is 12.1. The fraction of sp³-hybridized carbons (Fsp3) is 0.846. The summed E-state index contributed by atoms with van der Waals surface area (Å²) in [5.74, 6) is 1.12. The van der Waals surface area contributed by atoms with E-state index >= 15 is 0 Å². The van der Waals surface area contributed by atoms with Crippen LogP contribution in [0.15, 0.2) is 4.52 Å². The lowest BCUT2D eigenvalue weighted by atomic mass is 9.93. The van der Waals surface area contributed by atoms with Crippen LogP contribution >= 0.6 is 0 Å². The Labute approximate surface area is 118 Å². The number of hydrogen-bond donors (Lipinski definition) is 1. The molecular formula is C13H23N3O4. The Kier molecular flexibility index (Phi) is 5.47. The van der Waals surface area contributed by atoms with Gasteiger partial charge in [0.25, 0.3) is 0 Å². The second kappa shape index (κ2) is 7.12. The Morgan fingerprint density at radius 2 is 2.15 bits per heavy atom. The minimum absolute atomic E-state index is 0.147. The summed E-state index contributed by atoms with van der Waals surface area (Å²) in [5.41, 5.74) is 5.41. The lowest BCUT2D eigenvalue weighted by Crippen LogP contribution is -2.37. The van der Waals surface area contributed by atoms with E-state index in [-0.39, 0.29) is 6.04 Å². The molecule has 0 aliphatic carbocycles. The molecule has 1 aliphatic rings. The molecule has 2 rings (SSSR count). The second-order valence-electron chi connectivity index (χ2n) is 4.97. The third kappa shape index (κ3) is 3.54. The van der Waals surface area contributed by atoms with Crippen LogP contribution in [0.2, 0.25) is 0 Å². The van der Waals surface area contributed by atoms with Gasteiger partial charge in [0.1, 0.15) is 5.60 Å². The van der Waals surface area contributed by atoms with Crippen molar-refractivity contribution in [2.75, 3.05) is 33.5 Å². The van der Waals surface area contributed by atoms with Gasteiger partial charge < -0.3 is 24.5 Å². The van der Waals surface area contributed by atoms with E-state index in [1.165, 1.54) is 0 Å². The predicted octanol–water partition coefficient (Wildman–Crippen LogP) is 0.628. The van der Waals surface area contributed by atoms with Gasteiger partial charge in [0.05, 0.1) is 6.61 Å². The Balaban J connectivity index is 2.08. The molecule has 0 radical (unpaired) electrons. The van der Waals surface area contributed by atoms with Crippen molar-refractivity contribution in [1.82, 2.24) is 10.1 Å². The molecule has 1 fully saturated rings. The Bertz CT molecular complexity index is 399. The maximum absolute atomic E-state index is 5.90. The van der Waals surface area contributed by atoms with Gasteiger partial charge in [0, 0.05) is 52.2 Å². The zero-order chi connectivity index (χ0) is 14.4. The average Bonchev–Trinajstić information content (AvgIpc) is 2.89. The first kappa shape index (κ1) is 15.4. The van der Waals surface area contributed by atoms with Gasteiger partial charge in [-0.1, -0.05) is 5.16 Å². The smallest absolute Gasteiger partial charge is 0.228 e. The lowest BCUT2D eigenvalue weighted by Gasteiger charge is -2.33. The maximum atomic E-state index is 5.90. The summed E-state index contributed by atoms with van der Waals surface area (Å²) in [6, 6.07) is -0.147. The van der Waals surface area contributed by atoms with Crippen LogP contribution in [-0.2, 0) is 26.2 Å². The van der Waals surface area contributed by atoms with Gasteiger partial charge in [0.2, 0.25) is 11.7 Å². The molecule has 7 nitrogen and oxygen atoms in total. The summed E-state index contributed by atoms with van der Waals surface area (Å²) in [4.78, 5) is 4.45. The van der Waals surface area contributed by atoms with Crippen LogP contribution in [-0.4, -0.2) is 49.7 Å². The predicted molar refractivity (Wildman–Crippen MR) is 71.2 cm³/mol. The van der Waals surface area contributed by atoms with Crippen LogP contribution in [0.5, 0.6) is 0 Å². The Hall–Kier alpha value is -1.02. The van der Waals surface area contributed by atoms with Crippen LogP contribution in [0.3, 0.4) is 0 Å². The highest BCUT2D eigenvalue weighted by Gasteiger charge is 2.39. The van der Waals surface area contributed by atoms with Crippen LogP contribution in [0.4, 0.5) is 0 Å². The van der Waals surface area contributed by atoms with Crippen molar-refractivity contribution < 1.29 is 18.7 Å². The first-order valence-electron chi connectivity index (χ1n) is 6.99.